The monoisotopic (exact) mass is 163 g/mol. The molecule has 3 nitrogen and oxygen atoms in total. The van der Waals surface area contributed by atoms with Crippen molar-refractivity contribution >= 4 is 12.0 Å². The first kappa shape index (κ1) is 8.46. The Morgan fingerprint density at radius 3 is 2.75 bits per heavy atom. The molecule has 0 radical (unpaired) electrons. The van der Waals surface area contributed by atoms with Gasteiger partial charge in [-0.15, -0.1) is 0 Å². The molecule has 1 aromatic heterocycles. The smallest absolute Gasteiger partial charge is 0.337 e. The number of aromatic nitrogens is 1. The van der Waals surface area contributed by atoms with Gasteiger partial charge in [0.2, 0.25) is 0 Å². The number of nitrogens with zero attached hydrogens (tertiary/aromatic N) is 1. The Hall–Kier alpha value is -1.64. The van der Waals surface area contributed by atoms with Crippen LogP contribution < -0.4 is 0 Å². The predicted octanol–water partition coefficient (Wildman–Crippen LogP) is 1.81. The first-order chi connectivity index (χ1) is 5.74. The third-order valence-electron chi connectivity index (χ3n) is 1.37. The molecule has 0 aliphatic carbocycles. The normalized spacial score (nSPS) is 10.4. The number of carboxylic acids is 1. The van der Waals surface area contributed by atoms with E-state index < -0.39 is 5.97 Å². The van der Waals surface area contributed by atoms with E-state index in [1.54, 1.807) is 6.07 Å². The average Bonchev–Trinajstić information content (AvgIpc) is 2.06. The molecule has 0 aromatic carbocycles. The number of aromatic carboxylic acids is 1. The Morgan fingerprint density at radius 1 is 1.58 bits per heavy atom. The van der Waals surface area contributed by atoms with Gasteiger partial charge in [0.1, 0.15) is 0 Å². The fourth-order valence-corrected chi connectivity index (χ4v) is 0.801. The van der Waals surface area contributed by atoms with Crippen LogP contribution in [0.2, 0.25) is 0 Å². The predicted molar refractivity (Wildman–Crippen MR) is 45.9 cm³/mol. The second kappa shape index (κ2) is 3.67. The SMILES string of the molecule is CC=Cc1ccc(C(=O)O)cn1. The first-order valence-electron chi connectivity index (χ1n) is 3.56. The molecule has 0 fully saturated rings. The van der Waals surface area contributed by atoms with Crippen LogP contribution in [0.25, 0.3) is 6.08 Å². The van der Waals surface area contributed by atoms with Gasteiger partial charge >= 0.3 is 5.97 Å². The van der Waals surface area contributed by atoms with Gasteiger partial charge in [-0.2, -0.15) is 0 Å². The van der Waals surface area contributed by atoms with Gasteiger partial charge in [-0.25, -0.2) is 4.79 Å². The molecule has 0 atom stereocenters. The van der Waals surface area contributed by atoms with E-state index in [1.807, 2.05) is 19.1 Å². The Balaban J connectivity index is 2.93. The number of pyridine rings is 1. The summed E-state index contributed by atoms with van der Waals surface area (Å²) < 4.78 is 0. The van der Waals surface area contributed by atoms with E-state index in [0.717, 1.165) is 5.69 Å². The molecule has 0 amide bonds. The lowest BCUT2D eigenvalue weighted by Gasteiger charge is -1.93. The summed E-state index contributed by atoms with van der Waals surface area (Å²) in [6.45, 7) is 1.88. The maximum Gasteiger partial charge on any atom is 0.337 e. The summed E-state index contributed by atoms with van der Waals surface area (Å²) in [5.74, 6) is -0.950. The summed E-state index contributed by atoms with van der Waals surface area (Å²) in [4.78, 5) is 14.3. The summed E-state index contributed by atoms with van der Waals surface area (Å²) in [6, 6.07) is 3.20. The maximum atomic E-state index is 10.4. The van der Waals surface area contributed by atoms with Gasteiger partial charge in [-0.3, -0.25) is 4.98 Å². The molecule has 0 aliphatic heterocycles. The molecule has 1 aromatic rings. The molecular weight excluding hydrogens is 154 g/mol. The van der Waals surface area contributed by atoms with E-state index in [2.05, 4.69) is 4.98 Å². The molecule has 1 heterocycles. The van der Waals surface area contributed by atoms with Gasteiger partial charge in [0.15, 0.2) is 0 Å². The molecule has 0 bridgehead atoms. The van der Waals surface area contributed by atoms with Gasteiger partial charge < -0.3 is 5.11 Å². The van der Waals surface area contributed by atoms with E-state index in [9.17, 15) is 4.79 Å². The van der Waals surface area contributed by atoms with Crippen LogP contribution in [0, 0.1) is 0 Å². The molecule has 0 spiro atoms. The van der Waals surface area contributed by atoms with Gasteiger partial charge in [0.05, 0.1) is 11.3 Å². The van der Waals surface area contributed by atoms with E-state index in [0.29, 0.717) is 0 Å². The molecule has 1 rings (SSSR count). The van der Waals surface area contributed by atoms with Crippen molar-refractivity contribution in [1.82, 2.24) is 4.98 Å². The zero-order chi connectivity index (χ0) is 8.97. The number of hydrogen-bond acceptors (Lipinski definition) is 2. The summed E-state index contributed by atoms with van der Waals surface area (Å²) in [6.07, 6.45) is 5.01. The maximum absolute atomic E-state index is 10.4. The van der Waals surface area contributed by atoms with E-state index in [4.69, 9.17) is 5.11 Å². The second-order valence-electron chi connectivity index (χ2n) is 2.28. The first-order valence-corrected chi connectivity index (χ1v) is 3.56. The number of hydrogen-bond donors (Lipinski definition) is 1. The van der Waals surface area contributed by atoms with Crippen molar-refractivity contribution in [2.45, 2.75) is 6.92 Å². The van der Waals surface area contributed by atoms with Crippen molar-refractivity contribution in [3.63, 3.8) is 0 Å². The van der Waals surface area contributed by atoms with Gasteiger partial charge in [0, 0.05) is 6.20 Å². The van der Waals surface area contributed by atoms with Crippen molar-refractivity contribution in [2.24, 2.45) is 0 Å². The third-order valence-corrected chi connectivity index (χ3v) is 1.37. The second-order valence-corrected chi connectivity index (χ2v) is 2.28. The molecule has 0 saturated heterocycles. The Labute approximate surface area is 70.4 Å². The number of allylic oxidation sites excluding steroid dienone is 1. The van der Waals surface area contributed by atoms with Crippen LogP contribution in [0.5, 0.6) is 0 Å². The lowest BCUT2D eigenvalue weighted by molar-refractivity contribution is 0.0696. The van der Waals surface area contributed by atoms with E-state index in [-0.39, 0.29) is 5.56 Å². The van der Waals surface area contributed by atoms with Gasteiger partial charge in [0.25, 0.3) is 0 Å². The fraction of sp³-hybridized carbons (Fsp3) is 0.111. The zero-order valence-electron chi connectivity index (χ0n) is 6.69. The van der Waals surface area contributed by atoms with Crippen LogP contribution in [0.1, 0.15) is 23.0 Å². The quantitative estimate of drug-likeness (QED) is 0.723. The highest BCUT2D eigenvalue weighted by molar-refractivity contribution is 5.87. The van der Waals surface area contributed by atoms with Crippen LogP contribution >= 0.6 is 0 Å². The fourth-order valence-electron chi connectivity index (χ4n) is 0.801. The minimum absolute atomic E-state index is 0.211. The lowest BCUT2D eigenvalue weighted by Crippen LogP contribution is -1.96. The summed E-state index contributed by atoms with van der Waals surface area (Å²) >= 11 is 0. The van der Waals surface area contributed by atoms with Gasteiger partial charge in [-0.1, -0.05) is 6.08 Å². The van der Waals surface area contributed by atoms with Crippen LogP contribution in [-0.2, 0) is 0 Å². The molecule has 1 N–H and O–H groups in total. The van der Waals surface area contributed by atoms with Crippen LogP contribution in [-0.4, -0.2) is 16.1 Å². The zero-order valence-corrected chi connectivity index (χ0v) is 6.69. The van der Waals surface area contributed by atoms with Crippen molar-refractivity contribution in [3.8, 4) is 0 Å². The molecule has 0 unspecified atom stereocenters. The van der Waals surface area contributed by atoms with Crippen LogP contribution in [0.3, 0.4) is 0 Å². The van der Waals surface area contributed by atoms with Crippen LogP contribution in [0.4, 0.5) is 0 Å². The highest BCUT2D eigenvalue weighted by Crippen LogP contribution is 2.01. The van der Waals surface area contributed by atoms with Crippen molar-refractivity contribution in [3.05, 3.63) is 35.7 Å². The summed E-state index contributed by atoms with van der Waals surface area (Å²) in [7, 11) is 0. The summed E-state index contributed by atoms with van der Waals surface area (Å²) in [5, 5.41) is 8.55. The molecule has 12 heavy (non-hydrogen) atoms. The standard InChI is InChI=1S/C9H9NO2/c1-2-3-8-5-4-7(6-10-8)9(11)12/h2-6H,1H3,(H,11,12). The van der Waals surface area contributed by atoms with Gasteiger partial charge in [-0.05, 0) is 25.1 Å². The number of carbonyl (C=O) groups is 1. The summed E-state index contributed by atoms with van der Waals surface area (Å²) in [5.41, 5.74) is 0.978. The van der Waals surface area contributed by atoms with E-state index >= 15 is 0 Å². The Morgan fingerprint density at radius 2 is 2.33 bits per heavy atom. The Bertz CT molecular complexity index is 301. The topological polar surface area (TPSA) is 50.2 Å². The highest BCUT2D eigenvalue weighted by Gasteiger charge is 2.00. The Kier molecular flexibility index (Phi) is 2.58. The van der Waals surface area contributed by atoms with Crippen molar-refractivity contribution in [1.29, 1.82) is 0 Å². The molecule has 0 saturated carbocycles. The number of carboxylic acid groups (broad SMARTS) is 1. The average molecular weight is 163 g/mol. The molecule has 3 heteroatoms. The third kappa shape index (κ3) is 1.92. The molecular formula is C9H9NO2. The van der Waals surface area contributed by atoms with Crippen LogP contribution in [0.15, 0.2) is 24.4 Å². The molecule has 62 valence electrons. The molecule has 0 aliphatic rings. The van der Waals surface area contributed by atoms with E-state index in [1.165, 1.54) is 12.3 Å². The van der Waals surface area contributed by atoms with Crippen molar-refractivity contribution in [2.75, 3.05) is 0 Å². The number of rotatable bonds is 2. The van der Waals surface area contributed by atoms with Crippen molar-refractivity contribution < 1.29 is 9.90 Å². The minimum Gasteiger partial charge on any atom is -0.478 e. The highest BCUT2D eigenvalue weighted by atomic mass is 16.4. The largest absolute Gasteiger partial charge is 0.478 e. The lowest BCUT2D eigenvalue weighted by atomic mass is 10.2. The minimum atomic E-state index is -0.950.